The van der Waals surface area contributed by atoms with Gasteiger partial charge in [0.15, 0.2) is 5.76 Å². The molecule has 3 heterocycles. The summed E-state index contributed by atoms with van der Waals surface area (Å²) in [6.07, 6.45) is 3.86. The molecule has 1 atom stereocenters. The molecule has 0 radical (unpaired) electrons. The molecule has 2 aromatic rings. The number of hydrogen-bond acceptors (Lipinski definition) is 5. The first-order valence-electron chi connectivity index (χ1n) is 9.04. The third kappa shape index (κ3) is 3.75. The minimum Gasteiger partial charge on any atom is -0.439 e. The fraction of sp³-hybridized carbons (Fsp3) is 0.474. The summed E-state index contributed by atoms with van der Waals surface area (Å²) in [6.45, 7) is 4.94. The van der Waals surface area contributed by atoms with Crippen LogP contribution in [0, 0.1) is 0 Å². The van der Waals surface area contributed by atoms with Crippen LogP contribution in [0.2, 0.25) is 0 Å². The molecule has 0 unspecified atom stereocenters. The zero-order valence-electron chi connectivity index (χ0n) is 14.4. The molecule has 1 N–H and O–H groups in total. The quantitative estimate of drug-likeness (QED) is 0.919. The van der Waals surface area contributed by atoms with Crippen LogP contribution in [0.3, 0.4) is 0 Å². The molecule has 1 aromatic heterocycles. The van der Waals surface area contributed by atoms with E-state index in [9.17, 15) is 4.79 Å². The first kappa shape index (κ1) is 16.3. The molecule has 0 aliphatic carbocycles. The Morgan fingerprint density at radius 2 is 2.00 bits per heavy atom. The van der Waals surface area contributed by atoms with E-state index in [1.807, 2.05) is 35.2 Å². The molecule has 2 fully saturated rings. The standard InChI is InChI=1S/C19H24N4O2/c24-19(16-7-4-8-20-16)23-11-9-22(10-12-23)14-18-21-13-17(25-18)15-5-2-1-3-6-15/h1-3,5-6,13,16,20H,4,7-12,14H2/t16-/m0/s1. The second-order valence-electron chi connectivity index (χ2n) is 6.73. The normalized spacial score (nSPS) is 21.6. The summed E-state index contributed by atoms with van der Waals surface area (Å²) in [7, 11) is 0. The largest absolute Gasteiger partial charge is 0.439 e. The van der Waals surface area contributed by atoms with Crippen LogP contribution in [-0.2, 0) is 11.3 Å². The van der Waals surface area contributed by atoms with Gasteiger partial charge in [0.2, 0.25) is 11.8 Å². The van der Waals surface area contributed by atoms with Crippen molar-refractivity contribution in [3.05, 3.63) is 42.4 Å². The lowest BCUT2D eigenvalue weighted by molar-refractivity contribution is -0.134. The first-order valence-corrected chi connectivity index (χ1v) is 9.04. The molecular formula is C19H24N4O2. The van der Waals surface area contributed by atoms with Crippen LogP contribution in [-0.4, -0.2) is 59.5 Å². The first-order chi connectivity index (χ1) is 12.3. The monoisotopic (exact) mass is 340 g/mol. The number of nitrogens with zero attached hydrogens (tertiary/aromatic N) is 3. The van der Waals surface area contributed by atoms with Gasteiger partial charge in [0.25, 0.3) is 0 Å². The molecule has 1 amide bonds. The lowest BCUT2D eigenvalue weighted by Gasteiger charge is -2.35. The van der Waals surface area contributed by atoms with Gasteiger partial charge in [0, 0.05) is 31.7 Å². The van der Waals surface area contributed by atoms with Crippen LogP contribution in [0.15, 0.2) is 40.9 Å². The molecule has 4 rings (SSSR count). The van der Waals surface area contributed by atoms with Crippen molar-refractivity contribution in [2.24, 2.45) is 0 Å². The Morgan fingerprint density at radius 1 is 1.20 bits per heavy atom. The Balaban J connectivity index is 1.30. The van der Waals surface area contributed by atoms with Gasteiger partial charge in [0.1, 0.15) is 0 Å². The number of hydrogen-bond donors (Lipinski definition) is 1. The highest BCUT2D eigenvalue weighted by atomic mass is 16.4. The van der Waals surface area contributed by atoms with Crippen LogP contribution in [0.5, 0.6) is 0 Å². The third-order valence-electron chi connectivity index (χ3n) is 5.01. The number of piperazine rings is 1. The number of oxazole rings is 1. The van der Waals surface area contributed by atoms with E-state index < -0.39 is 0 Å². The summed E-state index contributed by atoms with van der Waals surface area (Å²) in [4.78, 5) is 21.1. The van der Waals surface area contributed by atoms with Gasteiger partial charge in [0.05, 0.1) is 18.8 Å². The van der Waals surface area contributed by atoms with E-state index in [1.165, 1.54) is 0 Å². The van der Waals surface area contributed by atoms with Gasteiger partial charge < -0.3 is 14.6 Å². The van der Waals surface area contributed by atoms with Crippen LogP contribution >= 0.6 is 0 Å². The third-order valence-corrected chi connectivity index (χ3v) is 5.01. The number of carbonyl (C=O) groups is 1. The topological polar surface area (TPSA) is 61.6 Å². The van der Waals surface area contributed by atoms with Gasteiger partial charge in [-0.25, -0.2) is 4.98 Å². The van der Waals surface area contributed by atoms with Gasteiger partial charge in [-0.2, -0.15) is 0 Å². The van der Waals surface area contributed by atoms with E-state index in [0.717, 1.165) is 62.8 Å². The zero-order valence-corrected chi connectivity index (χ0v) is 14.4. The predicted octanol–water partition coefficient (Wildman–Crippen LogP) is 1.74. The van der Waals surface area contributed by atoms with Crippen molar-refractivity contribution in [3.63, 3.8) is 0 Å². The van der Waals surface area contributed by atoms with Gasteiger partial charge in [-0.15, -0.1) is 0 Å². The molecule has 6 nitrogen and oxygen atoms in total. The Labute approximate surface area is 147 Å². The van der Waals surface area contributed by atoms with Crippen molar-refractivity contribution >= 4 is 5.91 Å². The van der Waals surface area contributed by atoms with Crippen LogP contribution < -0.4 is 5.32 Å². The summed E-state index contributed by atoms with van der Waals surface area (Å²) < 4.78 is 5.88. The number of amides is 1. The summed E-state index contributed by atoms with van der Waals surface area (Å²) >= 11 is 0. The van der Waals surface area contributed by atoms with E-state index in [4.69, 9.17) is 4.42 Å². The van der Waals surface area contributed by atoms with E-state index in [-0.39, 0.29) is 11.9 Å². The zero-order chi connectivity index (χ0) is 17.1. The highest BCUT2D eigenvalue weighted by Crippen LogP contribution is 2.21. The summed E-state index contributed by atoms with van der Waals surface area (Å²) in [5, 5.41) is 3.29. The van der Waals surface area contributed by atoms with Crippen LogP contribution in [0.4, 0.5) is 0 Å². The van der Waals surface area contributed by atoms with Crippen molar-refractivity contribution in [1.29, 1.82) is 0 Å². The molecule has 132 valence electrons. The molecule has 2 saturated heterocycles. The predicted molar refractivity (Wildman–Crippen MR) is 94.8 cm³/mol. The Morgan fingerprint density at radius 3 is 2.72 bits per heavy atom. The van der Waals surface area contributed by atoms with E-state index in [0.29, 0.717) is 6.54 Å². The molecule has 2 aliphatic rings. The van der Waals surface area contributed by atoms with Crippen LogP contribution in [0.25, 0.3) is 11.3 Å². The number of aromatic nitrogens is 1. The second kappa shape index (κ2) is 7.37. The van der Waals surface area contributed by atoms with Gasteiger partial charge >= 0.3 is 0 Å². The highest BCUT2D eigenvalue weighted by Gasteiger charge is 2.29. The number of rotatable bonds is 4. The second-order valence-corrected chi connectivity index (χ2v) is 6.73. The van der Waals surface area contributed by atoms with Crippen molar-refractivity contribution in [3.8, 4) is 11.3 Å². The number of nitrogens with one attached hydrogen (secondary N) is 1. The smallest absolute Gasteiger partial charge is 0.239 e. The summed E-state index contributed by atoms with van der Waals surface area (Å²) in [6, 6.07) is 10.0. The summed E-state index contributed by atoms with van der Waals surface area (Å²) in [5.41, 5.74) is 1.04. The Hall–Kier alpha value is -2.18. The molecule has 25 heavy (non-hydrogen) atoms. The molecule has 0 saturated carbocycles. The minimum absolute atomic E-state index is 0.0340. The molecule has 6 heteroatoms. The maximum Gasteiger partial charge on any atom is 0.239 e. The maximum absolute atomic E-state index is 12.4. The van der Waals surface area contributed by atoms with Crippen molar-refractivity contribution in [2.45, 2.75) is 25.4 Å². The Kier molecular flexibility index (Phi) is 4.81. The molecule has 0 bridgehead atoms. The highest BCUT2D eigenvalue weighted by molar-refractivity contribution is 5.82. The van der Waals surface area contributed by atoms with Gasteiger partial charge in [-0.1, -0.05) is 30.3 Å². The maximum atomic E-state index is 12.4. The van der Waals surface area contributed by atoms with Crippen molar-refractivity contribution in [1.82, 2.24) is 20.1 Å². The van der Waals surface area contributed by atoms with Gasteiger partial charge in [-0.3, -0.25) is 9.69 Å². The van der Waals surface area contributed by atoms with Crippen molar-refractivity contribution in [2.75, 3.05) is 32.7 Å². The lowest BCUT2D eigenvalue weighted by Crippen LogP contribution is -2.52. The van der Waals surface area contributed by atoms with E-state index >= 15 is 0 Å². The molecule has 2 aliphatic heterocycles. The average Bonchev–Trinajstić information content (AvgIpc) is 3.35. The van der Waals surface area contributed by atoms with E-state index in [2.05, 4.69) is 15.2 Å². The number of benzene rings is 1. The van der Waals surface area contributed by atoms with Crippen molar-refractivity contribution < 1.29 is 9.21 Å². The Bertz CT molecular complexity index is 701. The summed E-state index contributed by atoms with van der Waals surface area (Å²) in [5.74, 6) is 1.80. The minimum atomic E-state index is 0.0340. The molecule has 1 aromatic carbocycles. The average molecular weight is 340 g/mol. The fourth-order valence-electron chi connectivity index (χ4n) is 3.55. The van der Waals surface area contributed by atoms with Crippen LogP contribution in [0.1, 0.15) is 18.7 Å². The SMILES string of the molecule is O=C([C@@H]1CCCN1)N1CCN(Cc2ncc(-c3ccccc3)o2)CC1. The fourth-order valence-corrected chi connectivity index (χ4v) is 3.55. The molecule has 0 spiro atoms. The molecular weight excluding hydrogens is 316 g/mol. The number of carbonyl (C=O) groups excluding carboxylic acids is 1. The lowest BCUT2D eigenvalue weighted by atomic mass is 10.2. The van der Waals surface area contributed by atoms with Gasteiger partial charge in [-0.05, 0) is 19.4 Å². The van der Waals surface area contributed by atoms with E-state index in [1.54, 1.807) is 6.20 Å².